The second-order valence-electron chi connectivity index (χ2n) is 5.36. The summed E-state index contributed by atoms with van der Waals surface area (Å²) in [6.07, 6.45) is 0. The number of hydrogen-bond donors (Lipinski definition) is 1. The number of amides is 1. The minimum absolute atomic E-state index is 0.125. The predicted molar refractivity (Wildman–Crippen MR) is 71.4 cm³/mol. The number of hydrogen-bond acceptors (Lipinski definition) is 2. The fourth-order valence-corrected chi connectivity index (χ4v) is 1.76. The van der Waals surface area contributed by atoms with E-state index in [1.54, 1.807) is 12.1 Å². The van der Waals surface area contributed by atoms with Crippen LogP contribution in [-0.2, 0) is 5.41 Å². The largest absolute Gasteiger partial charge is 0.451 e. The van der Waals surface area contributed by atoms with Crippen molar-refractivity contribution in [2.75, 3.05) is 0 Å². The van der Waals surface area contributed by atoms with Crippen LogP contribution in [0.1, 0.15) is 36.9 Å². The first-order valence-corrected chi connectivity index (χ1v) is 5.88. The summed E-state index contributed by atoms with van der Waals surface area (Å²) in [5, 5.41) is 0. The lowest BCUT2D eigenvalue weighted by molar-refractivity contribution is 0.0974. The first-order valence-electron chi connectivity index (χ1n) is 5.88. The quantitative estimate of drug-likeness (QED) is 0.879. The van der Waals surface area contributed by atoms with Crippen molar-refractivity contribution in [3.63, 3.8) is 0 Å². The summed E-state index contributed by atoms with van der Waals surface area (Å²) in [6, 6.07) is 11.5. The van der Waals surface area contributed by atoms with Gasteiger partial charge in [-0.15, -0.1) is 0 Å². The van der Waals surface area contributed by atoms with Gasteiger partial charge in [0.15, 0.2) is 5.76 Å². The number of carbonyl (C=O) groups excluding carboxylic acids is 1. The molecule has 1 heterocycles. The first-order chi connectivity index (χ1) is 8.38. The topological polar surface area (TPSA) is 56.2 Å². The van der Waals surface area contributed by atoms with E-state index in [-0.39, 0.29) is 11.2 Å². The number of rotatable bonds is 2. The van der Waals surface area contributed by atoms with E-state index in [2.05, 4.69) is 32.9 Å². The van der Waals surface area contributed by atoms with Gasteiger partial charge < -0.3 is 10.2 Å². The van der Waals surface area contributed by atoms with E-state index in [4.69, 9.17) is 10.2 Å². The monoisotopic (exact) mass is 243 g/mol. The molecule has 0 spiro atoms. The number of primary amides is 1. The van der Waals surface area contributed by atoms with Gasteiger partial charge in [0.1, 0.15) is 5.76 Å². The van der Waals surface area contributed by atoms with Crippen molar-refractivity contribution in [1.82, 2.24) is 0 Å². The van der Waals surface area contributed by atoms with Crippen LogP contribution in [0.25, 0.3) is 11.3 Å². The lowest BCUT2D eigenvalue weighted by atomic mass is 9.86. The zero-order valence-corrected chi connectivity index (χ0v) is 10.9. The molecule has 2 N–H and O–H groups in total. The van der Waals surface area contributed by atoms with Crippen LogP contribution in [-0.4, -0.2) is 5.91 Å². The lowest BCUT2D eigenvalue weighted by Gasteiger charge is -2.18. The van der Waals surface area contributed by atoms with E-state index in [1.807, 2.05) is 12.1 Å². The van der Waals surface area contributed by atoms with Gasteiger partial charge in [-0.3, -0.25) is 4.79 Å². The van der Waals surface area contributed by atoms with Gasteiger partial charge in [-0.25, -0.2) is 0 Å². The molecule has 94 valence electrons. The molecule has 0 saturated heterocycles. The molecule has 0 aliphatic heterocycles. The number of nitrogens with two attached hydrogens (primary N) is 1. The Labute approximate surface area is 107 Å². The van der Waals surface area contributed by atoms with Crippen LogP contribution >= 0.6 is 0 Å². The number of benzene rings is 1. The normalized spacial score (nSPS) is 11.5. The fraction of sp³-hybridized carbons (Fsp3) is 0.267. The molecule has 0 aliphatic carbocycles. The van der Waals surface area contributed by atoms with Crippen molar-refractivity contribution in [2.45, 2.75) is 26.2 Å². The highest BCUT2D eigenvalue weighted by Crippen LogP contribution is 2.27. The van der Waals surface area contributed by atoms with Crippen LogP contribution in [0.2, 0.25) is 0 Å². The van der Waals surface area contributed by atoms with Gasteiger partial charge in [0.05, 0.1) is 0 Å². The molecule has 0 fully saturated rings. The van der Waals surface area contributed by atoms with E-state index < -0.39 is 5.91 Å². The summed E-state index contributed by atoms with van der Waals surface area (Å²) in [7, 11) is 0. The molecule has 3 heteroatoms. The van der Waals surface area contributed by atoms with E-state index in [9.17, 15) is 4.79 Å². The van der Waals surface area contributed by atoms with Crippen molar-refractivity contribution in [3.8, 4) is 11.3 Å². The molecule has 0 unspecified atom stereocenters. The van der Waals surface area contributed by atoms with Crippen molar-refractivity contribution in [1.29, 1.82) is 0 Å². The van der Waals surface area contributed by atoms with Gasteiger partial charge in [-0.2, -0.15) is 0 Å². The zero-order valence-electron chi connectivity index (χ0n) is 10.9. The first kappa shape index (κ1) is 12.4. The van der Waals surface area contributed by atoms with Crippen LogP contribution in [0.3, 0.4) is 0 Å². The summed E-state index contributed by atoms with van der Waals surface area (Å²) in [5.74, 6) is 0.293. The molecular weight excluding hydrogens is 226 g/mol. The van der Waals surface area contributed by atoms with Crippen molar-refractivity contribution < 1.29 is 9.21 Å². The Kier molecular flexibility index (Phi) is 2.99. The molecule has 2 rings (SSSR count). The van der Waals surface area contributed by atoms with Crippen LogP contribution in [0, 0.1) is 0 Å². The average molecular weight is 243 g/mol. The third-order valence-corrected chi connectivity index (χ3v) is 2.88. The minimum atomic E-state index is -0.549. The molecule has 0 bridgehead atoms. The zero-order chi connectivity index (χ0) is 13.3. The second kappa shape index (κ2) is 4.33. The Morgan fingerprint density at radius 2 is 1.67 bits per heavy atom. The number of carbonyl (C=O) groups is 1. The Morgan fingerprint density at radius 3 is 2.11 bits per heavy atom. The SMILES string of the molecule is CC(C)(C)c1ccc(-c2ccc(C(N)=O)o2)cc1. The summed E-state index contributed by atoms with van der Waals surface area (Å²) in [4.78, 5) is 11.0. The van der Waals surface area contributed by atoms with Gasteiger partial charge in [0.2, 0.25) is 0 Å². The maximum absolute atomic E-state index is 11.0. The van der Waals surface area contributed by atoms with E-state index in [0.29, 0.717) is 5.76 Å². The smallest absolute Gasteiger partial charge is 0.284 e. The van der Waals surface area contributed by atoms with E-state index in [1.165, 1.54) is 5.56 Å². The predicted octanol–water partition coefficient (Wildman–Crippen LogP) is 3.34. The van der Waals surface area contributed by atoms with Crippen LogP contribution in [0.4, 0.5) is 0 Å². The number of furan rings is 1. The third kappa shape index (κ3) is 2.45. The molecule has 0 aliphatic rings. The fourth-order valence-electron chi connectivity index (χ4n) is 1.76. The molecule has 1 aromatic heterocycles. The summed E-state index contributed by atoms with van der Waals surface area (Å²) < 4.78 is 5.38. The summed E-state index contributed by atoms with van der Waals surface area (Å²) >= 11 is 0. The van der Waals surface area contributed by atoms with Gasteiger partial charge in [-0.1, -0.05) is 45.0 Å². The van der Waals surface area contributed by atoms with Crippen molar-refractivity contribution in [3.05, 3.63) is 47.7 Å². The molecule has 0 atom stereocenters. The van der Waals surface area contributed by atoms with E-state index >= 15 is 0 Å². The highest BCUT2D eigenvalue weighted by molar-refractivity contribution is 5.90. The Morgan fingerprint density at radius 1 is 1.06 bits per heavy atom. The van der Waals surface area contributed by atoms with Gasteiger partial charge >= 0.3 is 0 Å². The summed E-state index contributed by atoms with van der Waals surface area (Å²) in [6.45, 7) is 6.50. The lowest BCUT2D eigenvalue weighted by Crippen LogP contribution is -2.10. The Bertz CT molecular complexity index is 559. The second-order valence-corrected chi connectivity index (χ2v) is 5.36. The third-order valence-electron chi connectivity index (χ3n) is 2.88. The van der Waals surface area contributed by atoms with Crippen molar-refractivity contribution >= 4 is 5.91 Å². The minimum Gasteiger partial charge on any atom is -0.451 e. The maximum atomic E-state index is 11.0. The molecule has 0 saturated carbocycles. The molecule has 2 aromatic rings. The van der Waals surface area contributed by atoms with Crippen LogP contribution in [0.5, 0.6) is 0 Å². The highest BCUT2D eigenvalue weighted by Gasteiger charge is 2.14. The Balaban J connectivity index is 2.31. The molecule has 18 heavy (non-hydrogen) atoms. The standard InChI is InChI=1S/C15H17NO2/c1-15(2,3)11-6-4-10(5-7-11)12-8-9-13(18-12)14(16)17/h4-9H,1-3H3,(H2,16,17). The average Bonchev–Trinajstić information content (AvgIpc) is 2.77. The maximum Gasteiger partial charge on any atom is 0.284 e. The summed E-state index contributed by atoms with van der Waals surface area (Å²) in [5.41, 5.74) is 7.48. The molecule has 0 radical (unpaired) electrons. The van der Waals surface area contributed by atoms with Crippen molar-refractivity contribution in [2.24, 2.45) is 5.73 Å². The molecular formula is C15H17NO2. The van der Waals surface area contributed by atoms with E-state index in [0.717, 1.165) is 5.56 Å². The molecule has 1 amide bonds. The van der Waals surface area contributed by atoms with Gasteiger partial charge in [-0.05, 0) is 23.1 Å². The Hall–Kier alpha value is -2.03. The van der Waals surface area contributed by atoms with Crippen LogP contribution < -0.4 is 5.73 Å². The molecule has 3 nitrogen and oxygen atoms in total. The van der Waals surface area contributed by atoms with Gasteiger partial charge in [0, 0.05) is 5.56 Å². The highest BCUT2D eigenvalue weighted by atomic mass is 16.3. The van der Waals surface area contributed by atoms with Crippen LogP contribution in [0.15, 0.2) is 40.8 Å². The molecule has 1 aromatic carbocycles. The van der Waals surface area contributed by atoms with Gasteiger partial charge in [0.25, 0.3) is 5.91 Å².